The fourth-order valence-electron chi connectivity index (χ4n) is 1.56. The maximum atomic E-state index is 10.4. The van der Waals surface area contributed by atoms with E-state index in [-0.39, 0.29) is 12.2 Å². The third-order valence-electron chi connectivity index (χ3n) is 2.36. The molecule has 0 fully saturated rings. The summed E-state index contributed by atoms with van der Waals surface area (Å²) in [4.78, 5) is 14.7. The lowest BCUT2D eigenvalue weighted by atomic mass is 10.1. The number of hydrogen-bond acceptors (Lipinski definition) is 3. The van der Waals surface area contributed by atoms with Gasteiger partial charge in [-0.15, -0.1) is 0 Å². The van der Waals surface area contributed by atoms with E-state index < -0.39 is 5.97 Å². The van der Waals surface area contributed by atoms with Crippen LogP contribution in [0, 0.1) is 0 Å². The van der Waals surface area contributed by atoms with Gasteiger partial charge in [0.05, 0.1) is 11.9 Å². The molecule has 0 saturated heterocycles. The van der Waals surface area contributed by atoms with Gasteiger partial charge in [-0.25, -0.2) is 0 Å². The van der Waals surface area contributed by atoms with Crippen LogP contribution in [-0.4, -0.2) is 21.2 Å². The molecule has 16 heavy (non-hydrogen) atoms. The quantitative estimate of drug-likeness (QED) is 0.824. The van der Waals surface area contributed by atoms with Gasteiger partial charge in [0.15, 0.2) is 0 Å². The zero-order chi connectivity index (χ0) is 11.5. The van der Waals surface area contributed by atoms with Crippen LogP contribution in [-0.2, 0) is 11.2 Å². The minimum Gasteiger partial charge on any atom is -0.507 e. The Kier molecular flexibility index (Phi) is 2.72. The lowest BCUT2D eigenvalue weighted by molar-refractivity contribution is -0.136. The van der Waals surface area contributed by atoms with Gasteiger partial charge >= 0.3 is 5.97 Å². The summed E-state index contributed by atoms with van der Waals surface area (Å²) in [6.07, 6.45) is 0.470. The summed E-state index contributed by atoms with van der Waals surface area (Å²) in [5.41, 5.74) is 1.41. The van der Waals surface area contributed by atoms with Crippen LogP contribution in [0.15, 0.2) is 30.3 Å². The summed E-state index contributed by atoms with van der Waals surface area (Å²) in [5, 5.41) is 18.8. The number of hydrogen-bond donors (Lipinski definition) is 2. The monoisotopic (exact) mass is 217 g/mol. The highest BCUT2D eigenvalue weighted by Gasteiger charge is 2.04. The van der Waals surface area contributed by atoms with Gasteiger partial charge in [0, 0.05) is 17.5 Å². The van der Waals surface area contributed by atoms with Crippen molar-refractivity contribution in [2.24, 2.45) is 0 Å². The van der Waals surface area contributed by atoms with Crippen LogP contribution in [0.25, 0.3) is 10.9 Å². The summed E-state index contributed by atoms with van der Waals surface area (Å²) in [6, 6.07) is 8.60. The molecule has 4 nitrogen and oxygen atoms in total. The van der Waals surface area contributed by atoms with E-state index in [2.05, 4.69) is 4.98 Å². The number of nitrogens with zero attached hydrogens (tertiary/aromatic N) is 1. The number of phenols is 1. The first-order chi connectivity index (χ1) is 7.66. The molecule has 1 aromatic carbocycles. The van der Waals surface area contributed by atoms with E-state index in [1.807, 2.05) is 0 Å². The first-order valence-corrected chi connectivity index (χ1v) is 4.96. The van der Waals surface area contributed by atoms with Gasteiger partial charge in [0.25, 0.3) is 0 Å². The second-order valence-electron chi connectivity index (χ2n) is 3.54. The highest BCUT2D eigenvalue weighted by molar-refractivity contribution is 5.84. The minimum absolute atomic E-state index is 0.0668. The smallest absolute Gasteiger partial charge is 0.303 e. The highest BCUT2D eigenvalue weighted by atomic mass is 16.4. The largest absolute Gasteiger partial charge is 0.507 e. The Balaban J connectivity index is 2.33. The minimum atomic E-state index is -0.835. The summed E-state index contributed by atoms with van der Waals surface area (Å²) in [7, 11) is 0. The normalized spacial score (nSPS) is 10.5. The Morgan fingerprint density at radius 3 is 2.81 bits per heavy atom. The van der Waals surface area contributed by atoms with Gasteiger partial charge in [-0.3, -0.25) is 9.78 Å². The zero-order valence-electron chi connectivity index (χ0n) is 8.55. The molecule has 2 N–H and O–H groups in total. The summed E-state index contributed by atoms with van der Waals surface area (Å²) >= 11 is 0. The molecule has 2 rings (SSSR count). The van der Waals surface area contributed by atoms with Crippen molar-refractivity contribution < 1.29 is 15.0 Å². The van der Waals surface area contributed by atoms with Crippen molar-refractivity contribution in [3.63, 3.8) is 0 Å². The number of carboxylic acid groups (broad SMARTS) is 1. The Morgan fingerprint density at radius 2 is 2.06 bits per heavy atom. The number of carbonyl (C=O) groups is 1. The molecular formula is C12H11NO3. The molecule has 1 heterocycles. The van der Waals surface area contributed by atoms with Gasteiger partial charge in [-0.2, -0.15) is 0 Å². The van der Waals surface area contributed by atoms with Gasteiger partial charge in [0.2, 0.25) is 0 Å². The van der Waals surface area contributed by atoms with Crippen molar-refractivity contribution in [2.75, 3.05) is 0 Å². The Bertz CT molecular complexity index is 537. The maximum Gasteiger partial charge on any atom is 0.303 e. The summed E-state index contributed by atoms with van der Waals surface area (Å²) in [5.74, 6) is -0.646. The number of rotatable bonds is 3. The first-order valence-electron chi connectivity index (χ1n) is 4.96. The van der Waals surface area contributed by atoms with Crippen molar-refractivity contribution in [3.8, 4) is 5.75 Å². The molecule has 0 radical (unpaired) electrons. The maximum absolute atomic E-state index is 10.4. The number of aromatic nitrogens is 1. The predicted molar refractivity (Wildman–Crippen MR) is 59.4 cm³/mol. The van der Waals surface area contributed by atoms with Crippen LogP contribution >= 0.6 is 0 Å². The predicted octanol–water partition coefficient (Wildman–Crippen LogP) is 1.96. The fourth-order valence-corrected chi connectivity index (χ4v) is 1.56. The lowest BCUT2D eigenvalue weighted by Crippen LogP contribution is -1.99. The molecule has 2 aromatic rings. The van der Waals surface area contributed by atoms with Crippen molar-refractivity contribution in [1.82, 2.24) is 4.98 Å². The molecule has 0 aliphatic heterocycles. The van der Waals surface area contributed by atoms with E-state index >= 15 is 0 Å². The summed E-state index contributed by atoms with van der Waals surface area (Å²) < 4.78 is 0. The molecule has 0 aliphatic rings. The van der Waals surface area contributed by atoms with E-state index in [9.17, 15) is 9.90 Å². The van der Waals surface area contributed by atoms with Crippen LogP contribution in [0.3, 0.4) is 0 Å². The SMILES string of the molecule is O=C(O)CCc1ccc2c(O)cccc2n1. The summed E-state index contributed by atoms with van der Waals surface area (Å²) in [6.45, 7) is 0. The Morgan fingerprint density at radius 1 is 1.25 bits per heavy atom. The molecule has 4 heteroatoms. The second-order valence-corrected chi connectivity index (χ2v) is 3.54. The lowest BCUT2D eigenvalue weighted by Gasteiger charge is -2.02. The molecule has 82 valence electrons. The number of carboxylic acids is 1. The number of aromatic hydroxyl groups is 1. The van der Waals surface area contributed by atoms with E-state index in [4.69, 9.17) is 5.11 Å². The van der Waals surface area contributed by atoms with E-state index in [1.54, 1.807) is 30.3 Å². The topological polar surface area (TPSA) is 70.4 Å². The molecule has 0 spiro atoms. The van der Waals surface area contributed by atoms with Crippen molar-refractivity contribution >= 4 is 16.9 Å². The number of aryl methyl sites for hydroxylation is 1. The molecule has 0 unspecified atom stereocenters. The average Bonchev–Trinajstić information content (AvgIpc) is 2.26. The molecule has 0 atom stereocenters. The number of phenolic OH excluding ortho intramolecular Hbond substituents is 1. The molecule has 0 amide bonds. The molecule has 0 bridgehead atoms. The third-order valence-corrected chi connectivity index (χ3v) is 2.36. The average molecular weight is 217 g/mol. The van der Waals surface area contributed by atoms with Crippen LogP contribution in [0.1, 0.15) is 12.1 Å². The van der Waals surface area contributed by atoms with E-state index in [0.717, 1.165) is 5.69 Å². The number of pyridine rings is 1. The number of aliphatic carboxylic acids is 1. The van der Waals surface area contributed by atoms with E-state index in [0.29, 0.717) is 17.3 Å². The van der Waals surface area contributed by atoms with Gasteiger partial charge in [0.1, 0.15) is 5.75 Å². The van der Waals surface area contributed by atoms with Crippen LogP contribution in [0.2, 0.25) is 0 Å². The third kappa shape index (κ3) is 2.11. The molecule has 0 aliphatic carbocycles. The molecule has 1 aromatic heterocycles. The van der Waals surface area contributed by atoms with Crippen molar-refractivity contribution in [1.29, 1.82) is 0 Å². The van der Waals surface area contributed by atoms with Crippen molar-refractivity contribution in [2.45, 2.75) is 12.8 Å². The molecular weight excluding hydrogens is 206 g/mol. The number of fused-ring (bicyclic) bond motifs is 1. The fraction of sp³-hybridized carbons (Fsp3) is 0.167. The Hall–Kier alpha value is -2.10. The second kappa shape index (κ2) is 4.18. The van der Waals surface area contributed by atoms with Crippen molar-refractivity contribution in [3.05, 3.63) is 36.0 Å². The van der Waals surface area contributed by atoms with Gasteiger partial charge in [-0.1, -0.05) is 6.07 Å². The Labute approximate surface area is 92.2 Å². The first kappa shape index (κ1) is 10.4. The van der Waals surface area contributed by atoms with Crippen LogP contribution in [0.4, 0.5) is 0 Å². The van der Waals surface area contributed by atoms with Gasteiger partial charge in [-0.05, 0) is 24.3 Å². The highest BCUT2D eigenvalue weighted by Crippen LogP contribution is 2.22. The van der Waals surface area contributed by atoms with Crippen LogP contribution < -0.4 is 0 Å². The standard InChI is InChI=1S/C12H11NO3/c14-11-3-1-2-10-9(11)6-4-8(13-10)5-7-12(15)16/h1-4,6,14H,5,7H2,(H,15,16). The van der Waals surface area contributed by atoms with Gasteiger partial charge < -0.3 is 10.2 Å². The van der Waals surface area contributed by atoms with Crippen LogP contribution in [0.5, 0.6) is 5.75 Å². The van der Waals surface area contributed by atoms with E-state index in [1.165, 1.54) is 0 Å². The zero-order valence-corrected chi connectivity index (χ0v) is 8.55. The molecule has 0 saturated carbocycles. The number of benzene rings is 1.